The van der Waals surface area contributed by atoms with Crippen LogP contribution >= 0.6 is 11.8 Å². The van der Waals surface area contributed by atoms with Gasteiger partial charge in [-0.3, -0.25) is 0 Å². The quantitative estimate of drug-likeness (QED) is 0.772. The lowest BCUT2D eigenvalue weighted by Gasteiger charge is -2.08. The fourth-order valence-corrected chi connectivity index (χ4v) is 2.00. The lowest BCUT2D eigenvalue weighted by Crippen LogP contribution is -2.12. The Bertz CT molecular complexity index is 319. The lowest BCUT2D eigenvalue weighted by atomic mass is 10.2. The molecule has 2 unspecified atom stereocenters. The molecular formula is C11H21N3O2S. The molecule has 0 radical (unpaired) electrons. The Labute approximate surface area is 106 Å². The van der Waals surface area contributed by atoms with Crippen molar-refractivity contribution in [2.45, 2.75) is 38.3 Å². The Balaban J connectivity index is 2.62. The Hall–Kier alpha value is -0.590. The van der Waals surface area contributed by atoms with Gasteiger partial charge in [-0.25, -0.2) is 0 Å². The van der Waals surface area contributed by atoms with Gasteiger partial charge in [0.2, 0.25) is 11.7 Å². The maximum absolute atomic E-state index is 5.96. The maximum atomic E-state index is 5.96. The average Bonchev–Trinajstić information content (AvgIpc) is 2.82. The molecule has 0 spiro atoms. The number of aromatic nitrogens is 2. The highest BCUT2D eigenvalue weighted by Gasteiger charge is 2.20. The van der Waals surface area contributed by atoms with E-state index in [1.807, 2.05) is 6.26 Å². The molecule has 2 N–H and O–H groups in total. The predicted molar refractivity (Wildman–Crippen MR) is 68.9 cm³/mol. The predicted octanol–water partition coefficient (Wildman–Crippen LogP) is 2.31. The first-order valence-electron chi connectivity index (χ1n) is 5.83. The van der Waals surface area contributed by atoms with Gasteiger partial charge in [0.25, 0.3) is 0 Å². The van der Waals surface area contributed by atoms with Crippen LogP contribution in [0.2, 0.25) is 0 Å². The molecule has 0 bridgehead atoms. The summed E-state index contributed by atoms with van der Waals surface area (Å²) in [6.07, 6.45) is 4.70. The molecule has 0 fully saturated rings. The summed E-state index contributed by atoms with van der Waals surface area (Å²) >= 11 is 1.76. The highest BCUT2D eigenvalue weighted by molar-refractivity contribution is 7.98. The van der Waals surface area contributed by atoms with Gasteiger partial charge >= 0.3 is 0 Å². The Morgan fingerprint density at radius 2 is 2.24 bits per heavy atom. The molecular weight excluding hydrogens is 238 g/mol. The summed E-state index contributed by atoms with van der Waals surface area (Å²) in [6.45, 7) is 2.09. The van der Waals surface area contributed by atoms with Crippen molar-refractivity contribution in [3.05, 3.63) is 11.7 Å². The minimum atomic E-state index is -0.178. The van der Waals surface area contributed by atoms with Gasteiger partial charge in [-0.1, -0.05) is 18.5 Å². The second kappa shape index (κ2) is 7.68. The van der Waals surface area contributed by atoms with Crippen molar-refractivity contribution in [3.63, 3.8) is 0 Å². The monoisotopic (exact) mass is 259 g/mol. The molecule has 0 saturated carbocycles. The number of nitrogens with two attached hydrogens (primary N) is 1. The van der Waals surface area contributed by atoms with Gasteiger partial charge in [0.1, 0.15) is 6.10 Å². The van der Waals surface area contributed by atoms with Crippen molar-refractivity contribution in [3.8, 4) is 0 Å². The summed E-state index contributed by atoms with van der Waals surface area (Å²) in [7, 11) is 1.66. The fraction of sp³-hybridized carbons (Fsp3) is 0.818. The summed E-state index contributed by atoms with van der Waals surface area (Å²) in [5.74, 6) is 2.10. The third-order valence-corrected chi connectivity index (χ3v) is 3.17. The van der Waals surface area contributed by atoms with E-state index in [4.69, 9.17) is 15.0 Å². The molecule has 0 aromatic carbocycles. The van der Waals surface area contributed by atoms with Gasteiger partial charge in [0, 0.05) is 7.11 Å². The molecule has 6 heteroatoms. The van der Waals surface area contributed by atoms with E-state index in [-0.39, 0.29) is 12.1 Å². The van der Waals surface area contributed by atoms with Crippen molar-refractivity contribution >= 4 is 11.8 Å². The molecule has 1 aromatic rings. The summed E-state index contributed by atoms with van der Waals surface area (Å²) in [5, 5.41) is 3.94. The van der Waals surface area contributed by atoms with Crippen LogP contribution in [0.3, 0.4) is 0 Å². The number of rotatable bonds is 8. The zero-order chi connectivity index (χ0) is 12.7. The van der Waals surface area contributed by atoms with Crippen LogP contribution in [0, 0.1) is 0 Å². The number of thioether (sulfide) groups is 1. The van der Waals surface area contributed by atoms with Crippen molar-refractivity contribution in [1.82, 2.24) is 10.1 Å². The van der Waals surface area contributed by atoms with Crippen molar-refractivity contribution in [1.29, 1.82) is 0 Å². The molecule has 0 aliphatic carbocycles. The van der Waals surface area contributed by atoms with E-state index in [9.17, 15) is 0 Å². The van der Waals surface area contributed by atoms with Gasteiger partial charge in [-0.15, -0.1) is 0 Å². The van der Waals surface area contributed by atoms with Crippen LogP contribution in [0.5, 0.6) is 0 Å². The van der Waals surface area contributed by atoms with Crippen LogP contribution < -0.4 is 5.73 Å². The molecule has 0 saturated heterocycles. The highest BCUT2D eigenvalue weighted by Crippen LogP contribution is 2.21. The van der Waals surface area contributed by atoms with Crippen molar-refractivity contribution < 1.29 is 9.26 Å². The van der Waals surface area contributed by atoms with Gasteiger partial charge in [-0.05, 0) is 24.9 Å². The molecule has 1 rings (SSSR count). The summed E-state index contributed by atoms with van der Waals surface area (Å²) in [4.78, 5) is 4.32. The molecule has 0 aliphatic heterocycles. The van der Waals surface area contributed by atoms with E-state index in [0.717, 1.165) is 25.0 Å². The first-order valence-corrected chi connectivity index (χ1v) is 7.23. The Morgan fingerprint density at radius 3 is 2.82 bits per heavy atom. The highest BCUT2D eigenvalue weighted by atomic mass is 32.2. The van der Waals surface area contributed by atoms with E-state index in [1.165, 1.54) is 0 Å². The normalized spacial score (nSPS) is 14.8. The molecule has 98 valence electrons. The number of hydrogen-bond donors (Lipinski definition) is 1. The minimum absolute atomic E-state index is 0.0924. The van der Waals surface area contributed by atoms with Crippen molar-refractivity contribution in [2.24, 2.45) is 5.73 Å². The zero-order valence-corrected chi connectivity index (χ0v) is 11.5. The van der Waals surface area contributed by atoms with Crippen LogP contribution in [0.15, 0.2) is 4.52 Å². The van der Waals surface area contributed by atoms with E-state index >= 15 is 0 Å². The standard InChI is InChI=1S/C11H21N3O2S/c1-4-5-9(15-2)10-13-11(16-14-10)8(12)6-7-17-3/h8-9H,4-7,12H2,1-3H3. The second-order valence-corrected chi connectivity index (χ2v) is 4.88. The largest absolute Gasteiger partial charge is 0.373 e. The average molecular weight is 259 g/mol. The van der Waals surface area contributed by atoms with Crippen LogP contribution in [0.4, 0.5) is 0 Å². The van der Waals surface area contributed by atoms with Crippen molar-refractivity contribution in [2.75, 3.05) is 19.1 Å². The second-order valence-electron chi connectivity index (χ2n) is 3.89. The molecule has 1 heterocycles. The van der Waals surface area contributed by atoms with Gasteiger partial charge in [0.15, 0.2) is 0 Å². The molecule has 0 amide bonds. The van der Waals surface area contributed by atoms with Crippen LogP contribution in [-0.2, 0) is 4.74 Å². The van der Waals surface area contributed by atoms with Crippen LogP contribution in [0.25, 0.3) is 0 Å². The summed E-state index contributed by atoms with van der Waals surface area (Å²) in [5.41, 5.74) is 5.96. The molecule has 2 atom stereocenters. The zero-order valence-electron chi connectivity index (χ0n) is 10.7. The smallest absolute Gasteiger partial charge is 0.243 e. The first kappa shape index (κ1) is 14.5. The molecule has 0 aliphatic rings. The number of methoxy groups -OCH3 is 1. The minimum Gasteiger partial charge on any atom is -0.373 e. The van der Waals surface area contributed by atoms with Gasteiger partial charge in [-0.2, -0.15) is 16.7 Å². The van der Waals surface area contributed by atoms with Crippen LogP contribution in [-0.4, -0.2) is 29.3 Å². The number of nitrogens with zero attached hydrogens (tertiary/aromatic N) is 2. The lowest BCUT2D eigenvalue weighted by molar-refractivity contribution is 0.0854. The Morgan fingerprint density at radius 1 is 1.47 bits per heavy atom. The molecule has 1 aromatic heterocycles. The van der Waals surface area contributed by atoms with Gasteiger partial charge in [0.05, 0.1) is 6.04 Å². The fourth-order valence-electron chi connectivity index (χ4n) is 1.51. The SMILES string of the molecule is CCCC(OC)c1noc(C(N)CCSC)n1. The van der Waals surface area contributed by atoms with Crippen LogP contribution in [0.1, 0.15) is 50.0 Å². The topological polar surface area (TPSA) is 74.2 Å². The van der Waals surface area contributed by atoms with E-state index in [1.54, 1.807) is 18.9 Å². The third kappa shape index (κ3) is 4.29. The maximum Gasteiger partial charge on any atom is 0.243 e. The summed E-state index contributed by atoms with van der Waals surface area (Å²) < 4.78 is 10.5. The third-order valence-electron chi connectivity index (χ3n) is 2.53. The molecule has 5 nitrogen and oxygen atoms in total. The van der Waals surface area contributed by atoms with E-state index in [2.05, 4.69) is 17.1 Å². The Kier molecular flexibility index (Phi) is 6.54. The first-order chi connectivity index (χ1) is 8.22. The molecule has 17 heavy (non-hydrogen) atoms. The number of hydrogen-bond acceptors (Lipinski definition) is 6. The van der Waals surface area contributed by atoms with Gasteiger partial charge < -0.3 is 15.0 Å². The van der Waals surface area contributed by atoms with E-state index < -0.39 is 0 Å². The van der Waals surface area contributed by atoms with E-state index in [0.29, 0.717) is 11.7 Å². The summed E-state index contributed by atoms with van der Waals surface area (Å²) in [6, 6.07) is -0.178. The number of ether oxygens (including phenoxy) is 1.